The van der Waals surface area contributed by atoms with Crippen LogP contribution in [0.3, 0.4) is 0 Å². The molecule has 5 heteroatoms. The van der Waals surface area contributed by atoms with Crippen LogP contribution in [0, 0.1) is 0 Å². The molecule has 2 atom stereocenters. The molecule has 1 aromatic rings. The fourth-order valence-electron chi connectivity index (χ4n) is 2.01. The molecule has 1 heterocycles. The second-order valence-corrected chi connectivity index (χ2v) is 6.92. The molecule has 1 fully saturated rings. The van der Waals surface area contributed by atoms with Gasteiger partial charge in [0.1, 0.15) is 0 Å². The standard InChI is InChI=1S/C12H14Br3NO/c1-7-4-9(2-3-17-7)16-12-10(14)5-8(13)6-11(12)15/h5-7,9,16H,2-4H2,1H3. The van der Waals surface area contributed by atoms with E-state index in [-0.39, 0.29) is 0 Å². The number of rotatable bonds is 2. The predicted molar refractivity (Wildman–Crippen MR) is 81.6 cm³/mol. The molecule has 0 saturated carbocycles. The molecule has 1 N–H and O–H groups in total. The molecule has 94 valence electrons. The van der Waals surface area contributed by atoms with Crippen LogP contribution in [0.15, 0.2) is 25.6 Å². The van der Waals surface area contributed by atoms with E-state index >= 15 is 0 Å². The Labute approximate surface area is 127 Å². The van der Waals surface area contributed by atoms with E-state index in [0.717, 1.165) is 38.6 Å². The van der Waals surface area contributed by atoms with Gasteiger partial charge in [0.15, 0.2) is 0 Å². The molecular weight excluding hydrogens is 414 g/mol. The smallest absolute Gasteiger partial charge is 0.0631 e. The van der Waals surface area contributed by atoms with E-state index in [1.807, 2.05) is 0 Å². The van der Waals surface area contributed by atoms with Gasteiger partial charge >= 0.3 is 0 Å². The van der Waals surface area contributed by atoms with Gasteiger partial charge in [-0.1, -0.05) is 15.9 Å². The normalized spacial score (nSPS) is 24.7. The maximum atomic E-state index is 5.55. The van der Waals surface area contributed by atoms with Crippen LogP contribution in [0.5, 0.6) is 0 Å². The summed E-state index contributed by atoms with van der Waals surface area (Å²) in [5.74, 6) is 0. The zero-order chi connectivity index (χ0) is 12.4. The highest BCUT2D eigenvalue weighted by Gasteiger charge is 2.20. The molecular formula is C12H14Br3NO. The first-order chi connectivity index (χ1) is 8.06. The van der Waals surface area contributed by atoms with Gasteiger partial charge in [-0.05, 0) is 63.8 Å². The van der Waals surface area contributed by atoms with E-state index in [0.29, 0.717) is 12.1 Å². The zero-order valence-electron chi connectivity index (χ0n) is 9.47. The highest BCUT2D eigenvalue weighted by molar-refractivity contribution is 9.11. The SMILES string of the molecule is CC1CC(Nc2c(Br)cc(Br)cc2Br)CCO1. The number of nitrogens with one attached hydrogen (secondary N) is 1. The molecule has 1 aliphatic heterocycles. The van der Waals surface area contributed by atoms with Crippen molar-refractivity contribution in [1.82, 2.24) is 0 Å². The van der Waals surface area contributed by atoms with Crippen molar-refractivity contribution < 1.29 is 4.74 Å². The number of benzene rings is 1. The predicted octanol–water partition coefficient (Wildman–Crippen LogP) is 4.95. The Kier molecular flexibility index (Phi) is 4.92. The maximum absolute atomic E-state index is 5.55. The number of hydrogen-bond donors (Lipinski definition) is 1. The first kappa shape index (κ1) is 13.8. The molecule has 1 saturated heterocycles. The van der Waals surface area contributed by atoms with Crippen molar-refractivity contribution in [1.29, 1.82) is 0 Å². The molecule has 17 heavy (non-hydrogen) atoms. The minimum atomic E-state index is 0.342. The van der Waals surface area contributed by atoms with Gasteiger partial charge in [0, 0.05) is 26.1 Å². The van der Waals surface area contributed by atoms with Crippen LogP contribution < -0.4 is 5.32 Å². The lowest BCUT2D eigenvalue weighted by Crippen LogP contribution is -2.32. The average Bonchev–Trinajstić information content (AvgIpc) is 2.23. The average molecular weight is 428 g/mol. The molecule has 1 aromatic carbocycles. The summed E-state index contributed by atoms with van der Waals surface area (Å²) >= 11 is 10.6. The van der Waals surface area contributed by atoms with Gasteiger partial charge in [0.25, 0.3) is 0 Å². The van der Waals surface area contributed by atoms with Crippen molar-refractivity contribution in [3.63, 3.8) is 0 Å². The minimum absolute atomic E-state index is 0.342. The third-order valence-corrected chi connectivity index (χ3v) is 4.55. The Morgan fingerprint density at radius 1 is 1.24 bits per heavy atom. The number of hydrogen-bond acceptors (Lipinski definition) is 2. The topological polar surface area (TPSA) is 21.3 Å². The molecule has 0 amide bonds. The van der Waals surface area contributed by atoms with E-state index in [2.05, 4.69) is 72.2 Å². The quantitative estimate of drug-likeness (QED) is 0.720. The molecule has 2 nitrogen and oxygen atoms in total. The Hall–Kier alpha value is 0.420. The van der Waals surface area contributed by atoms with Crippen molar-refractivity contribution >= 4 is 53.5 Å². The Balaban J connectivity index is 2.12. The van der Waals surface area contributed by atoms with Crippen molar-refractivity contribution in [3.8, 4) is 0 Å². The molecule has 0 spiro atoms. The van der Waals surface area contributed by atoms with Crippen LogP contribution >= 0.6 is 47.8 Å². The lowest BCUT2D eigenvalue weighted by atomic mass is 10.0. The van der Waals surface area contributed by atoms with Gasteiger partial charge in [-0.25, -0.2) is 0 Å². The zero-order valence-corrected chi connectivity index (χ0v) is 14.2. The minimum Gasteiger partial charge on any atom is -0.380 e. The largest absolute Gasteiger partial charge is 0.380 e. The number of halogens is 3. The molecule has 0 bridgehead atoms. The van der Waals surface area contributed by atoms with Gasteiger partial charge in [0.2, 0.25) is 0 Å². The summed E-state index contributed by atoms with van der Waals surface area (Å²) in [7, 11) is 0. The second-order valence-electron chi connectivity index (χ2n) is 4.29. The first-order valence-corrected chi connectivity index (χ1v) is 7.97. The Bertz CT molecular complexity index is 388. The van der Waals surface area contributed by atoms with Crippen molar-refractivity contribution in [2.45, 2.75) is 31.9 Å². The molecule has 0 aliphatic carbocycles. The highest BCUT2D eigenvalue weighted by Crippen LogP contribution is 2.35. The van der Waals surface area contributed by atoms with Crippen molar-refractivity contribution in [2.24, 2.45) is 0 Å². The van der Waals surface area contributed by atoms with Crippen LogP contribution in [0.1, 0.15) is 19.8 Å². The molecule has 0 radical (unpaired) electrons. The summed E-state index contributed by atoms with van der Waals surface area (Å²) in [5, 5.41) is 3.58. The van der Waals surface area contributed by atoms with E-state index in [1.165, 1.54) is 0 Å². The summed E-state index contributed by atoms with van der Waals surface area (Å²) in [4.78, 5) is 0. The summed E-state index contributed by atoms with van der Waals surface area (Å²) < 4.78 is 8.75. The van der Waals surface area contributed by atoms with Gasteiger partial charge in [-0.3, -0.25) is 0 Å². The summed E-state index contributed by atoms with van der Waals surface area (Å²) in [6.45, 7) is 2.96. The maximum Gasteiger partial charge on any atom is 0.0631 e. The summed E-state index contributed by atoms with van der Waals surface area (Å²) in [6.07, 6.45) is 2.45. The van der Waals surface area contributed by atoms with E-state index in [9.17, 15) is 0 Å². The van der Waals surface area contributed by atoms with Gasteiger partial charge < -0.3 is 10.1 Å². The van der Waals surface area contributed by atoms with Crippen molar-refractivity contribution in [3.05, 3.63) is 25.6 Å². The summed E-state index contributed by atoms with van der Waals surface area (Å²) in [6, 6.07) is 4.58. The first-order valence-electron chi connectivity index (χ1n) is 5.59. The van der Waals surface area contributed by atoms with Gasteiger partial charge in [0.05, 0.1) is 11.8 Å². The van der Waals surface area contributed by atoms with Crippen LogP contribution in [-0.4, -0.2) is 18.8 Å². The van der Waals surface area contributed by atoms with E-state index < -0.39 is 0 Å². The third kappa shape index (κ3) is 3.69. The summed E-state index contributed by atoms with van der Waals surface area (Å²) in [5.41, 5.74) is 1.12. The number of ether oxygens (including phenoxy) is 1. The monoisotopic (exact) mass is 425 g/mol. The lowest BCUT2D eigenvalue weighted by Gasteiger charge is -2.29. The van der Waals surface area contributed by atoms with E-state index in [4.69, 9.17) is 4.74 Å². The van der Waals surface area contributed by atoms with Gasteiger partial charge in [-0.15, -0.1) is 0 Å². The van der Waals surface area contributed by atoms with Crippen molar-refractivity contribution in [2.75, 3.05) is 11.9 Å². The van der Waals surface area contributed by atoms with Crippen LogP contribution in [-0.2, 0) is 4.74 Å². The molecule has 0 aromatic heterocycles. The molecule has 1 aliphatic rings. The van der Waals surface area contributed by atoms with Crippen LogP contribution in [0.4, 0.5) is 5.69 Å². The third-order valence-electron chi connectivity index (χ3n) is 2.84. The molecule has 2 unspecified atom stereocenters. The lowest BCUT2D eigenvalue weighted by molar-refractivity contribution is 0.0232. The fourth-order valence-corrected chi connectivity index (χ4v) is 4.50. The Morgan fingerprint density at radius 3 is 2.47 bits per heavy atom. The van der Waals surface area contributed by atoms with Crippen LogP contribution in [0.2, 0.25) is 0 Å². The molecule has 2 rings (SSSR count). The van der Waals surface area contributed by atoms with Crippen LogP contribution in [0.25, 0.3) is 0 Å². The Morgan fingerprint density at radius 2 is 1.88 bits per heavy atom. The number of anilines is 1. The second kappa shape index (κ2) is 6.04. The van der Waals surface area contributed by atoms with Gasteiger partial charge in [-0.2, -0.15) is 0 Å². The van der Waals surface area contributed by atoms with E-state index in [1.54, 1.807) is 0 Å². The fraction of sp³-hybridized carbons (Fsp3) is 0.500. The highest BCUT2D eigenvalue weighted by atomic mass is 79.9.